The first kappa shape index (κ1) is 28.2. The molecule has 0 aliphatic carbocycles. The Kier molecular flexibility index (Phi) is 10.7. The van der Waals surface area contributed by atoms with Crippen LogP contribution in [0.3, 0.4) is 0 Å². The highest BCUT2D eigenvalue weighted by Gasteiger charge is 2.35. The number of benzene rings is 2. The lowest BCUT2D eigenvalue weighted by Crippen LogP contribution is -2.41. The Labute approximate surface area is 235 Å². The first-order valence-corrected chi connectivity index (χ1v) is 13.6. The highest BCUT2D eigenvalue weighted by Crippen LogP contribution is 2.39. The van der Waals surface area contributed by atoms with Crippen LogP contribution >= 0.6 is 81.5 Å². The molecule has 0 spiro atoms. The van der Waals surface area contributed by atoms with Gasteiger partial charge in [0.2, 0.25) is 3.79 Å². The maximum absolute atomic E-state index is 12.6. The minimum absolute atomic E-state index is 0.275. The predicted octanol–water partition coefficient (Wildman–Crippen LogP) is 6.35. The molecule has 0 saturated heterocycles. The molecular weight excluding hydrogens is 594 g/mol. The first-order chi connectivity index (χ1) is 16.6. The molecule has 6 nitrogen and oxygen atoms in total. The number of carbonyl (C=O) groups is 2. The molecule has 0 radical (unpaired) electrons. The van der Waals surface area contributed by atoms with Crippen LogP contribution in [0.4, 0.5) is 0 Å². The summed E-state index contributed by atoms with van der Waals surface area (Å²) in [4.78, 5) is 32.8. The number of carbonyl (C=O) groups excluding carboxylic acids is 2. The predicted molar refractivity (Wildman–Crippen MR) is 145 cm³/mol. The largest absolute Gasteiger partial charge is 0.337 e. The van der Waals surface area contributed by atoms with Crippen molar-refractivity contribution in [3.8, 4) is 0 Å². The molecule has 1 heterocycles. The van der Waals surface area contributed by atoms with Crippen molar-refractivity contribution in [1.82, 2.24) is 20.6 Å². The SMILES string of the molecule is O=C(N[C@@H](Sc1nccc(S[C@H](NC(=O)c2ccccc2)C(Cl)(Cl)Cl)n1)C(Cl)Cl)c1ccccc1. The van der Waals surface area contributed by atoms with Gasteiger partial charge >= 0.3 is 0 Å². The molecule has 2 aromatic carbocycles. The summed E-state index contributed by atoms with van der Waals surface area (Å²) < 4.78 is -1.84. The zero-order valence-electron chi connectivity index (χ0n) is 17.6. The molecule has 2 amide bonds. The molecule has 2 atom stereocenters. The van der Waals surface area contributed by atoms with Gasteiger partial charge in [-0.2, -0.15) is 0 Å². The van der Waals surface area contributed by atoms with Gasteiger partial charge in [0.15, 0.2) is 5.16 Å². The van der Waals surface area contributed by atoms with Crippen molar-refractivity contribution in [2.75, 3.05) is 0 Å². The van der Waals surface area contributed by atoms with Crippen LogP contribution in [-0.4, -0.2) is 41.2 Å². The number of rotatable bonds is 9. The van der Waals surface area contributed by atoms with E-state index in [1.165, 1.54) is 6.20 Å². The smallest absolute Gasteiger partial charge is 0.252 e. The third kappa shape index (κ3) is 8.89. The molecule has 3 rings (SSSR count). The lowest BCUT2D eigenvalue weighted by molar-refractivity contribution is 0.0942. The number of amides is 2. The van der Waals surface area contributed by atoms with Gasteiger partial charge in [-0.05, 0) is 30.3 Å². The lowest BCUT2D eigenvalue weighted by Gasteiger charge is -2.25. The summed E-state index contributed by atoms with van der Waals surface area (Å²) in [5.41, 5.74) is 0.871. The average molecular weight is 611 g/mol. The van der Waals surface area contributed by atoms with E-state index < -0.39 is 25.3 Å². The average Bonchev–Trinajstić information content (AvgIpc) is 2.84. The van der Waals surface area contributed by atoms with Crippen LogP contribution in [0.25, 0.3) is 0 Å². The fourth-order valence-corrected chi connectivity index (χ4v) is 5.24. The molecule has 184 valence electrons. The highest BCUT2D eigenvalue weighted by atomic mass is 35.6. The molecule has 0 fully saturated rings. The summed E-state index contributed by atoms with van der Waals surface area (Å²) in [7, 11) is 0. The minimum Gasteiger partial charge on any atom is -0.337 e. The zero-order chi connectivity index (χ0) is 25.4. The molecule has 35 heavy (non-hydrogen) atoms. The van der Waals surface area contributed by atoms with Gasteiger partial charge in [0.05, 0.1) is 0 Å². The number of halogens is 5. The van der Waals surface area contributed by atoms with Crippen molar-refractivity contribution in [3.63, 3.8) is 0 Å². The van der Waals surface area contributed by atoms with Gasteiger partial charge in [-0.1, -0.05) is 94.7 Å². The van der Waals surface area contributed by atoms with Crippen molar-refractivity contribution >= 4 is 93.3 Å². The van der Waals surface area contributed by atoms with Gasteiger partial charge < -0.3 is 10.6 Å². The van der Waals surface area contributed by atoms with Gasteiger partial charge in [-0.3, -0.25) is 9.59 Å². The van der Waals surface area contributed by atoms with Crippen molar-refractivity contribution in [3.05, 3.63) is 84.1 Å². The number of thioether (sulfide) groups is 2. The van der Waals surface area contributed by atoms with E-state index in [1.54, 1.807) is 66.7 Å². The van der Waals surface area contributed by atoms with Crippen molar-refractivity contribution in [1.29, 1.82) is 0 Å². The molecule has 0 unspecified atom stereocenters. The van der Waals surface area contributed by atoms with E-state index in [-0.39, 0.29) is 11.1 Å². The summed E-state index contributed by atoms with van der Waals surface area (Å²) in [5, 5.41) is 4.46. The van der Waals surface area contributed by atoms with E-state index in [0.717, 1.165) is 23.5 Å². The van der Waals surface area contributed by atoms with Crippen molar-refractivity contribution in [2.24, 2.45) is 0 Å². The number of aromatic nitrogens is 2. The number of alkyl halides is 5. The second-order valence-corrected chi connectivity index (χ2v) is 12.5. The van der Waals surface area contributed by atoms with Crippen LogP contribution in [-0.2, 0) is 0 Å². The van der Waals surface area contributed by atoms with Crippen molar-refractivity contribution in [2.45, 2.75) is 29.6 Å². The number of hydrogen-bond donors (Lipinski definition) is 2. The summed E-state index contributed by atoms with van der Waals surface area (Å²) in [6.45, 7) is 0. The summed E-state index contributed by atoms with van der Waals surface area (Å²) in [6.07, 6.45) is 1.50. The molecule has 3 aromatic rings. The van der Waals surface area contributed by atoms with Crippen LogP contribution in [0.1, 0.15) is 20.7 Å². The Morgan fingerprint density at radius 2 is 1.34 bits per heavy atom. The molecule has 0 aliphatic heterocycles. The van der Waals surface area contributed by atoms with Gasteiger partial charge in [-0.15, -0.1) is 23.2 Å². The van der Waals surface area contributed by atoms with Crippen LogP contribution < -0.4 is 10.6 Å². The third-order valence-corrected chi connectivity index (χ3v) is 8.29. The van der Waals surface area contributed by atoms with Crippen molar-refractivity contribution < 1.29 is 9.59 Å². The maximum Gasteiger partial charge on any atom is 0.252 e. The second-order valence-electron chi connectivity index (χ2n) is 6.77. The molecule has 2 N–H and O–H groups in total. The van der Waals surface area contributed by atoms with E-state index in [1.807, 2.05) is 0 Å². The molecule has 1 aromatic heterocycles. The quantitative estimate of drug-likeness (QED) is 0.0967. The molecule has 0 saturated carbocycles. The molecule has 0 aliphatic rings. The van der Waals surface area contributed by atoms with Crippen LogP contribution in [0.15, 0.2) is 83.1 Å². The number of nitrogens with one attached hydrogen (secondary N) is 2. The normalized spacial score (nSPS) is 13.2. The van der Waals surface area contributed by atoms with Crippen LogP contribution in [0.2, 0.25) is 0 Å². The van der Waals surface area contributed by atoms with E-state index in [2.05, 4.69) is 20.6 Å². The maximum atomic E-state index is 12.6. The van der Waals surface area contributed by atoms with E-state index >= 15 is 0 Å². The highest BCUT2D eigenvalue weighted by molar-refractivity contribution is 8.00. The second kappa shape index (κ2) is 13.2. The van der Waals surface area contributed by atoms with Gasteiger partial charge in [0.1, 0.15) is 20.6 Å². The lowest BCUT2D eigenvalue weighted by atomic mass is 10.2. The van der Waals surface area contributed by atoms with E-state index in [9.17, 15) is 9.59 Å². The minimum atomic E-state index is -1.84. The van der Waals surface area contributed by atoms with Gasteiger partial charge in [-0.25, -0.2) is 9.97 Å². The number of hydrogen-bond acceptors (Lipinski definition) is 6. The standard InChI is InChI=1S/C22H17Cl5N4O2S2/c23-16(24)19(30-17(32)13-7-3-1-4-8-13)35-21-28-12-11-15(29-21)34-20(22(25,26)27)31-18(33)14-9-5-2-6-10-14/h1-12,16,19-20H,(H,30,32)(H,31,33)/t19-,20-/m0/s1. The molecule has 13 heteroatoms. The summed E-state index contributed by atoms with van der Waals surface area (Å²) in [5.74, 6) is -0.756. The zero-order valence-corrected chi connectivity index (χ0v) is 23.0. The molecular formula is C22H17Cl5N4O2S2. The monoisotopic (exact) mass is 608 g/mol. The number of nitrogens with zero attached hydrogens (tertiary/aromatic N) is 2. The Hall–Kier alpha value is -1.39. The summed E-state index contributed by atoms with van der Waals surface area (Å²) >= 11 is 32.7. The van der Waals surface area contributed by atoms with Crippen LogP contribution in [0.5, 0.6) is 0 Å². The topological polar surface area (TPSA) is 84.0 Å². The first-order valence-electron chi connectivity index (χ1n) is 9.86. The van der Waals surface area contributed by atoms with Gasteiger partial charge in [0, 0.05) is 17.3 Å². The Morgan fingerprint density at radius 1 is 0.800 bits per heavy atom. The van der Waals surface area contributed by atoms with Crippen LogP contribution in [0, 0.1) is 0 Å². The molecule has 0 bridgehead atoms. The summed E-state index contributed by atoms with van der Waals surface area (Å²) in [6, 6.07) is 18.8. The Morgan fingerprint density at radius 3 is 1.86 bits per heavy atom. The Balaban J connectivity index is 1.72. The third-order valence-electron chi connectivity index (χ3n) is 4.21. The van der Waals surface area contributed by atoms with Gasteiger partial charge in [0.25, 0.3) is 11.8 Å². The fourth-order valence-electron chi connectivity index (χ4n) is 2.60. The van der Waals surface area contributed by atoms with E-state index in [0.29, 0.717) is 16.2 Å². The van der Waals surface area contributed by atoms with E-state index in [4.69, 9.17) is 58.0 Å². The fraction of sp³-hybridized carbons (Fsp3) is 0.182. The Bertz CT molecular complexity index is 1140.